The summed E-state index contributed by atoms with van der Waals surface area (Å²) in [6.07, 6.45) is 0.643. The van der Waals surface area contributed by atoms with Gasteiger partial charge in [0.05, 0.1) is 7.14 Å². The van der Waals surface area contributed by atoms with Crippen molar-refractivity contribution in [1.82, 2.24) is 10.2 Å². The highest BCUT2D eigenvalue weighted by Crippen LogP contribution is 2.27. The minimum absolute atomic E-state index is 0.170. The summed E-state index contributed by atoms with van der Waals surface area (Å²) < 4.78 is 1.29. The molecule has 0 aromatic heterocycles. The summed E-state index contributed by atoms with van der Waals surface area (Å²) in [5.74, 6) is 0.324. The second kappa shape index (κ2) is 7.66. The Hall–Kier alpha value is -0.780. The van der Waals surface area contributed by atoms with E-state index in [1.807, 2.05) is 45.2 Å². The lowest BCUT2D eigenvalue weighted by molar-refractivity contribution is 0.0928. The Bertz CT molecular complexity index is 563. The minimum Gasteiger partial charge on any atom is -0.506 e. The molecule has 2 rings (SSSR count). The van der Waals surface area contributed by atoms with E-state index in [-0.39, 0.29) is 11.7 Å². The molecule has 0 radical (unpaired) electrons. The van der Waals surface area contributed by atoms with Crippen LogP contribution in [0, 0.1) is 13.1 Å². The third kappa shape index (κ3) is 4.37. The minimum atomic E-state index is -0.879. The van der Waals surface area contributed by atoms with Crippen molar-refractivity contribution in [3.63, 3.8) is 0 Å². The number of phenolic OH excluding ortho intramolecular Hbond substituents is 1. The number of nitrogens with zero attached hydrogens (tertiary/aromatic N) is 1. The predicted octanol–water partition coefficient (Wildman–Crippen LogP) is 2.72. The van der Waals surface area contributed by atoms with E-state index in [4.69, 9.17) is 5.11 Å². The molecule has 8 heteroatoms. The van der Waals surface area contributed by atoms with Crippen molar-refractivity contribution in [3.05, 3.63) is 24.8 Å². The second-order valence-electron chi connectivity index (χ2n) is 5.21. The van der Waals surface area contributed by atoms with Crippen LogP contribution in [0.15, 0.2) is 12.1 Å². The maximum absolute atomic E-state index is 12.2. The second-order valence-corrected chi connectivity index (χ2v) is 7.54. The van der Waals surface area contributed by atoms with Gasteiger partial charge in [-0.2, -0.15) is 0 Å². The van der Waals surface area contributed by atoms with Crippen LogP contribution in [0.3, 0.4) is 0 Å². The zero-order chi connectivity index (χ0) is 16.3. The third-order valence-corrected chi connectivity index (χ3v) is 5.36. The number of carbonyl (C=O) groups excluding carboxylic acids is 1. The van der Waals surface area contributed by atoms with Crippen molar-refractivity contribution in [1.29, 1.82) is 0 Å². The van der Waals surface area contributed by atoms with E-state index in [1.165, 1.54) is 4.90 Å². The van der Waals surface area contributed by atoms with Crippen molar-refractivity contribution in [3.8, 4) is 5.75 Å². The van der Waals surface area contributed by atoms with Crippen LogP contribution < -0.4 is 5.32 Å². The molecule has 22 heavy (non-hydrogen) atoms. The topological polar surface area (TPSA) is 89.9 Å². The average Bonchev–Trinajstić information content (AvgIpc) is 2.50. The van der Waals surface area contributed by atoms with Crippen LogP contribution in [-0.2, 0) is 0 Å². The summed E-state index contributed by atoms with van der Waals surface area (Å²) in [6.45, 7) is 1.58. The molecule has 0 spiro atoms. The molecule has 0 bridgehead atoms. The fourth-order valence-corrected chi connectivity index (χ4v) is 4.13. The van der Waals surface area contributed by atoms with Gasteiger partial charge in [-0.25, -0.2) is 4.79 Å². The number of amides is 2. The Balaban J connectivity index is 1.87. The highest BCUT2D eigenvalue weighted by molar-refractivity contribution is 14.1. The Morgan fingerprint density at radius 3 is 2.27 bits per heavy atom. The number of likely N-dealkylation sites (tertiary alicyclic amines) is 1. The van der Waals surface area contributed by atoms with Gasteiger partial charge in [0, 0.05) is 25.2 Å². The van der Waals surface area contributed by atoms with Crippen molar-refractivity contribution in [2.75, 3.05) is 19.6 Å². The number of piperidine rings is 1. The molecule has 2 amide bonds. The number of hydrogen-bond acceptors (Lipinski definition) is 3. The Morgan fingerprint density at radius 2 is 1.77 bits per heavy atom. The summed E-state index contributed by atoms with van der Waals surface area (Å²) in [4.78, 5) is 24.4. The molecule has 1 heterocycles. The molecular formula is C14H16I2N2O4. The summed E-state index contributed by atoms with van der Waals surface area (Å²) in [6, 6.07) is 3.31. The van der Waals surface area contributed by atoms with E-state index in [1.54, 1.807) is 12.1 Å². The number of aromatic hydroxyl groups is 1. The van der Waals surface area contributed by atoms with Crippen molar-refractivity contribution in [2.24, 2.45) is 5.92 Å². The molecule has 0 unspecified atom stereocenters. The first-order chi connectivity index (χ1) is 10.4. The molecule has 1 fully saturated rings. The number of rotatable bonds is 3. The van der Waals surface area contributed by atoms with E-state index < -0.39 is 6.09 Å². The van der Waals surface area contributed by atoms with E-state index in [0.717, 1.165) is 12.8 Å². The number of carboxylic acid groups (broad SMARTS) is 1. The van der Waals surface area contributed by atoms with Gasteiger partial charge in [-0.3, -0.25) is 4.79 Å². The summed E-state index contributed by atoms with van der Waals surface area (Å²) in [5.41, 5.74) is 0.523. The van der Waals surface area contributed by atoms with E-state index in [2.05, 4.69) is 5.32 Å². The first-order valence-electron chi connectivity index (χ1n) is 6.82. The van der Waals surface area contributed by atoms with Gasteiger partial charge in [-0.1, -0.05) is 0 Å². The van der Waals surface area contributed by atoms with Crippen LogP contribution in [0.2, 0.25) is 0 Å². The molecule has 1 aromatic carbocycles. The molecule has 0 atom stereocenters. The summed E-state index contributed by atoms with van der Waals surface area (Å²) in [7, 11) is 0. The van der Waals surface area contributed by atoms with Crippen molar-refractivity contribution in [2.45, 2.75) is 12.8 Å². The van der Waals surface area contributed by atoms with Gasteiger partial charge in [0.2, 0.25) is 0 Å². The van der Waals surface area contributed by atoms with Crippen molar-refractivity contribution >= 4 is 57.2 Å². The zero-order valence-corrected chi connectivity index (χ0v) is 16.0. The Kier molecular flexibility index (Phi) is 6.12. The Morgan fingerprint density at radius 1 is 1.23 bits per heavy atom. The largest absolute Gasteiger partial charge is 0.506 e. The fourth-order valence-electron chi connectivity index (χ4n) is 2.36. The van der Waals surface area contributed by atoms with Crippen molar-refractivity contribution < 1.29 is 19.8 Å². The van der Waals surface area contributed by atoms with Gasteiger partial charge in [-0.05, 0) is 76.1 Å². The number of benzene rings is 1. The van der Waals surface area contributed by atoms with Crippen LogP contribution >= 0.6 is 45.2 Å². The van der Waals surface area contributed by atoms with Crippen LogP contribution in [0.1, 0.15) is 23.2 Å². The number of carbonyl (C=O) groups is 2. The quantitative estimate of drug-likeness (QED) is 0.525. The third-order valence-electron chi connectivity index (χ3n) is 3.72. The maximum Gasteiger partial charge on any atom is 0.407 e. The molecule has 120 valence electrons. The normalized spacial score (nSPS) is 15.6. The lowest BCUT2D eigenvalue weighted by Gasteiger charge is -2.30. The molecule has 1 aliphatic rings. The molecule has 6 nitrogen and oxygen atoms in total. The van der Waals surface area contributed by atoms with Crippen LogP contribution in [0.5, 0.6) is 5.75 Å². The zero-order valence-electron chi connectivity index (χ0n) is 11.7. The standard InChI is InChI=1S/C14H16I2N2O4/c15-10-5-9(6-11(16)12(10)19)13(20)17-7-8-1-3-18(4-2-8)14(21)22/h5-6,8,19H,1-4,7H2,(H,17,20)(H,21,22). The van der Waals surface area contributed by atoms with Crippen LogP contribution in [0.4, 0.5) is 4.79 Å². The lowest BCUT2D eigenvalue weighted by atomic mass is 9.97. The van der Waals surface area contributed by atoms with Gasteiger partial charge in [0.25, 0.3) is 5.91 Å². The SMILES string of the molecule is O=C(NCC1CCN(C(=O)O)CC1)c1cc(I)c(O)c(I)c1. The van der Waals surface area contributed by atoms with Gasteiger partial charge in [0.1, 0.15) is 5.75 Å². The van der Waals surface area contributed by atoms with E-state index >= 15 is 0 Å². The Labute approximate surface area is 155 Å². The average molecular weight is 530 g/mol. The first kappa shape index (κ1) is 17.6. The van der Waals surface area contributed by atoms with E-state index in [9.17, 15) is 14.7 Å². The molecule has 0 saturated carbocycles. The van der Waals surface area contributed by atoms with Crippen LogP contribution in [-0.4, -0.2) is 46.7 Å². The predicted molar refractivity (Wildman–Crippen MR) is 98.2 cm³/mol. The molecule has 1 aliphatic heterocycles. The highest BCUT2D eigenvalue weighted by atomic mass is 127. The smallest absolute Gasteiger partial charge is 0.407 e. The van der Waals surface area contributed by atoms with Gasteiger partial charge >= 0.3 is 6.09 Å². The number of nitrogens with one attached hydrogen (secondary N) is 1. The fraction of sp³-hybridized carbons (Fsp3) is 0.429. The molecule has 1 saturated heterocycles. The number of hydrogen-bond donors (Lipinski definition) is 3. The monoisotopic (exact) mass is 530 g/mol. The lowest BCUT2D eigenvalue weighted by Crippen LogP contribution is -2.40. The molecular weight excluding hydrogens is 514 g/mol. The highest BCUT2D eigenvalue weighted by Gasteiger charge is 2.22. The van der Waals surface area contributed by atoms with Gasteiger partial charge in [0.15, 0.2) is 0 Å². The maximum atomic E-state index is 12.2. The molecule has 1 aromatic rings. The van der Waals surface area contributed by atoms with Crippen LogP contribution in [0.25, 0.3) is 0 Å². The summed E-state index contributed by atoms with van der Waals surface area (Å²) in [5, 5.41) is 21.5. The molecule has 0 aliphatic carbocycles. The molecule has 3 N–H and O–H groups in total. The first-order valence-corrected chi connectivity index (χ1v) is 8.98. The van der Waals surface area contributed by atoms with Gasteiger partial charge in [-0.15, -0.1) is 0 Å². The van der Waals surface area contributed by atoms with Gasteiger partial charge < -0.3 is 20.4 Å². The number of halogens is 2. The summed E-state index contributed by atoms with van der Waals surface area (Å²) >= 11 is 3.99. The number of phenols is 1. The van der Waals surface area contributed by atoms with E-state index in [0.29, 0.717) is 38.3 Å².